The molecule has 2 atom stereocenters. The number of hydrogen-bond donors (Lipinski definition) is 2. The number of phosphoric ester groups is 1. The summed E-state index contributed by atoms with van der Waals surface area (Å²) < 4.78 is 32.7. The van der Waals surface area contributed by atoms with Crippen molar-refractivity contribution in [1.82, 2.24) is 0 Å². The average Bonchev–Trinajstić information content (AvgIpc) is 3.10. The molecule has 0 bridgehead atoms. The number of allylic oxidation sites excluding steroid dienone is 2. The van der Waals surface area contributed by atoms with E-state index in [9.17, 15) is 19.0 Å². The highest BCUT2D eigenvalue weighted by molar-refractivity contribution is 7.47. The number of hydrogen-bond acceptors (Lipinski definition) is 8. The highest BCUT2D eigenvalue weighted by atomic mass is 31.2. The van der Waals surface area contributed by atoms with Crippen LogP contribution in [0.2, 0.25) is 0 Å². The van der Waals surface area contributed by atoms with Gasteiger partial charge in [0.25, 0.3) is 0 Å². The maximum atomic E-state index is 12.5. The topological polar surface area (TPSA) is 134 Å². The van der Waals surface area contributed by atoms with E-state index in [0.717, 1.165) is 38.5 Å². The van der Waals surface area contributed by atoms with E-state index in [-0.39, 0.29) is 38.6 Å². The number of ether oxygens (including phenoxy) is 2. The fourth-order valence-corrected chi connectivity index (χ4v) is 6.57. The maximum absolute atomic E-state index is 12.5. The number of rotatable bonds is 39. The summed E-state index contributed by atoms with van der Waals surface area (Å²) in [7, 11) is -4.37. The van der Waals surface area contributed by atoms with E-state index in [2.05, 4.69) is 26.0 Å². The van der Waals surface area contributed by atoms with Crippen molar-refractivity contribution in [2.75, 3.05) is 26.4 Å². The second kappa shape index (κ2) is 37.5. The quantitative estimate of drug-likeness (QED) is 0.0274. The van der Waals surface area contributed by atoms with Crippen LogP contribution in [-0.2, 0) is 32.7 Å². The van der Waals surface area contributed by atoms with Crippen LogP contribution in [-0.4, -0.2) is 49.3 Å². The Bertz CT molecular complexity index is 840. The first-order chi connectivity index (χ1) is 24.3. The lowest BCUT2D eigenvalue weighted by Crippen LogP contribution is -2.29. The van der Waals surface area contributed by atoms with Crippen LogP contribution in [0.25, 0.3) is 0 Å². The van der Waals surface area contributed by atoms with Crippen LogP contribution in [0.1, 0.15) is 200 Å². The minimum atomic E-state index is -4.37. The van der Waals surface area contributed by atoms with E-state index in [1.807, 2.05) is 0 Å². The van der Waals surface area contributed by atoms with Crippen LogP contribution in [0.4, 0.5) is 0 Å². The molecule has 0 aromatic rings. The number of carbonyl (C=O) groups excluding carboxylic acids is 2. The molecule has 0 radical (unpaired) electrons. The van der Waals surface area contributed by atoms with Gasteiger partial charge in [-0.3, -0.25) is 18.6 Å². The molecule has 0 aliphatic rings. The normalized spacial score (nSPS) is 13.4. The van der Waals surface area contributed by atoms with Crippen molar-refractivity contribution < 1.29 is 37.6 Å². The van der Waals surface area contributed by atoms with Crippen LogP contribution in [0.5, 0.6) is 0 Å². The molecule has 0 saturated heterocycles. The first-order valence-electron chi connectivity index (χ1n) is 20.7. The molecule has 1 unspecified atom stereocenters. The van der Waals surface area contributed by atoms with Gasteiger partial charge in [0.2, 0.25) is 0 Å². The van der Waals surface area contributed by atoms with Gasteiger partial charge in [0.1, 0.15) is 6.61 Å². The van der Waals surface area contributed by atoms with Crippen LogP contribution in [0, 0.1) is 0 Å². The second-order valence-corrected chi connectivity index (χ2v) is 15.3. The van der Waals surface area contributed by atoms with E-state index in [1.54, 1.807) is 0 Å². The first-order valence-corrected chi connectivity index (χ1v) is 22.2. The summed E-state index contributed by atoms with van der Waals surface area (Å²) in [6, 6.07) is 0. The van der Waals surface area contributed by atoms with Crippen LogP contribution >= 0.6 is 7.82 Å². The van der Waals surface area contributed by atoms with E-state index in [1.165, 1.54) is 128 Å². The Hall–Kier alpha value is -1.25. The van der Waals surface area contributed by atoms with Crippen molar-refractivity contribution in [1.29, 1.82) is 0 Å². The minimum Gasteiger partial charge on any atom is -0.462 e. The zero-order chi connectivity index (χ0) is 36.8. The Morgan fingerprint density at radius 2 is 0.980 bits per heavy atom. The number of phosphoric acid groups is 1. The maximum Gasteiger partial charge on any atom is 0.472 e. The predicted octanol–water partition coefficient (Wildman–Crippen LogP) is 11.4. The van der Waals surface area contributed by atoms with Crippen LogP contribution < -0.4 is 5.73 Å². The Morgan fingerprint density at radius 1 is 0.580 bits per heavy atom. The number of nitrogens with two attached hydrogens (primary N) is 1. The molecule has 0 saturated carbocycles. The van der Waals surface area contributed by atoms with Gasteiger partial charge in [-0.2, -0.15) is 0 Å². The fraction of sp³-hybridized carbons (Fsp3) is 0.900. The van der Waals surface area contributed by atoms with Crippen LogP contribution in [0.15, 0.2) is 12.2 Å². The number of unbranched alkanes of at least 4 members (excludes halogenated alkanes) is 24. The van der Waals surface area contributed by atoms with Gasteiger partial charge in [0, 0.05) is 19.4 Å². The number of esters is 2. The smallest absolute Gasteiger partial charge is 0.462 e. The van der Waals surface area contributed by atoms with Gasteiger partial charge in [-0.15, -0.1) is 0 Å². The largest absolute Gasteiger partial charge is 0.472 e. The second-order valence-electron chi connectivity index (χ2n) is 13.9. The standard InChI is InChI=1S/C40H78NO8P/c1-3-5-7-9-11-13-15-17-19-21-23-25-27-29-31-33-40(43)49-38(37-48-50(44,45)47-35-34-41)36-46-39(42)32-30-28-26-24-22-20-18-16-14-12-10-8-6-4-2/h23,25,38H,3-22,24,26-37,41H2,1-2H3,(H,44,45)/b25-23+/t38-/m1/s1. The van der Waals surface area contributed by atoms with Crippen molar-refractivity contribution >= 4 is 19.8 Å². The Kier molecular flexibility index (Phi) is 36.6. The molecular formula is C40H78NO8P. The molecule has 0 aliphatic carbocycles. The molecule has 3 N–H and O–H groups in total. The Balaban J connectivity index is 4.19. The molecular weight excluding hydrogens is 653 g/mol. The molecule has 0 amide bonds. The van der Waals surface area contributed by atoms with E-state index < -0.39 is 26.5 Å². The zero-order valence-electron chi connectivity index (χ0n) is 32.4. The molecule has 10 heteroatoms. The molecule has 0 aliphatic heterocycles. The van der Waals surface area contributed by atoms with E-state index >= 15 is 0 Å². The highest BCUT2D eigenvalue weighted by Gasteiger charge is 2.25. The lowest BCUT2D eigenvalue weighted by Gasteiger charge is -2.19. The van der Waals surface area contributed by atoms with Gasteiger partial charge >= 0.3 is 19.8 Å². The molecule has 0 rings (SSSR count). The summed E-state index contributed by atoms with van der Waals surface area (Å²) in [6.45, 7) is 3.72. The Labute approximate surface area is 307 Å². The third-order valence-electron chi connectivity index (χ3n) is 8.90. The van der Waals surface area contributed by atoms with Gasteiger partial charge in [-0.25, -0.2) is 4.57 Å². The third-order valence-corrected chi connectivity index (χ3v) is 9.89. The summed E-state index contributed by atoms with van der Waals surface area (Å²) in [5.74, 6) is -0.846. The lowest BCUT2D eigenvalue weighted by molar-refractivity contribution is -0.161. The monoisotopic (exact) mass is 732 g/mol. The van der Waals surface area contributed by atoms with Gasteiger partial charge in [0.15, 0.2) is 6.10 Å². The molecule has 296 valence electrons. The summed E-state index contributed by atoms with van der Waals surface area (Å²) in [4.78, 5) is 34.8. The zero-order valence-corrected chi connectivity index (χ0v) is 33.3. The molecule has 0 spiro atoms. The van der Waals surface area contributed by atoms with Gasteiger partial charge in [-0.05, 0) is 38.5 Å². The fourth-order valence-electron chi connectivity index (χ4n) is 5.81. The molecule has 0 heterocycles. The minimum absolute atomic E-state index is 0.0532. The SMILES string of the molecule is CCCCCCCCCCC/C=C/CCCCC(=O)O[C@H](COC(=O)CCCCCCCCCCCCCCCC)COP(=O)(O)OCCN. The van der Waals surface area contributed by atoms with E-state index in [4.69, 9.17) is 24.3 Å². The molecule has 50 heavy (non-hydrogen) atoms. The van der Waals surface area contributed by atoms with Crippen LogP contribution in [0.3, 0.4) is 0 Å². The summed E-state index contributed by atoms with van der Waals surface area (Å²) in [6.07, 6.45) is 36.7. The summed E-state index contributed by atoms with van der Waals surface area (Å²) >= 11 is 0. The molecule has 0 fully saturated rings. The predicted molar refractivity (Wildman–Crippen MR) is 206 cm³/mol. The summed E-state index contributed by atoms with van der Waals surface area (Å²) in [5, 5.41) is 0. The van der Waals surface area contributed by atoms with Gasteiger partial charge < -0.3 is 20.1 Å². The van der Waals surface area contributed by atoms with Crippen molar-refractivity contribution in [2.24, 2.45) is 5.73 Å². The number of carbonyl (C=O) groups is 2. The van der Waals surface area contributed by atoms with Gasteiger partial charge in [0.05, 0.1) is 13.2 Å². The molecule has 0 aromatic heterocycles. The average molecular weight is 732 g/mol. The first kappa shape index (κ1) is 48.8. The van der Waals surface area contributed by atoms with Crippen molar-refractivity contribution in [2.45, 2.75) is 206 Å². The van der Waals surface area contributed by atoms with Crippen molar-refractivity contribution in [3.8, 4) is 0 Å². The molecule has 0 aromatic carbocycles. The Morgan fingerprint density at radius 3 is 1.46 bits per heavy atom. The van der Waals surface area contributed by atoms with Crippen molar-refractivity contribution in [3.05, 3.63) is 12.2 Å². The van der Waals surface area contributed by atoms with E-state index in [0.29, 0.717) is 6.42 Å². The molecule has 9 nitrogen and oxygen atoms in total. The highest BCUT2D eigenvalue weighted by Crippen LogP contribution is 2.43. The van der Waals surface area contributed by atoms with Gasteiger partial charge in [-0.1, -0.05) is 161 Å². The third kappa shape index (κ3) is 36.5. The van der Waals surface area contributed by atoms with Crippen molar-refractivity contribution in [3.63, 3.8) is 0 Å². The summed E-state index contributed by atoms with van der Waals surface area (Å²) in [5.41, 5.74) is 5.34. The lowest BCUT2D eigenvalue weighted by atomic mass is 10.0.